The van der Waals surface area contributed by atoms with Gasteiger partial charge in [-0.15, -0.1) is 0 Å². The van der Waals surface area contributed by atoms with E-state index in [2.05, 4.69) is 5.32 Å². The van der Waals surface area contributed by atoms with Crippen molar-refractivity contribution in [3.63, 3.8) is 0 Å². The molecule has 20 atom stereocenters. The molecule has 0 unspecified atom stereocenters. The minimum absolute atomic E-state index is 0.116. The van der Waals surface area contributed by atoms with Gasteiger partial charge in [-0.1, -0.05) is 105 Å². The van der Waals surface area contributed by atoms with Gasteiger partial charge >= 0.3 is 11.9 Å². The fraction of sp³-hybridized carbons (Fsp3) is 0.685. The molecule has 0 aromatic carbocycles. The number of fused-ring (bicyclic) bond motifs is 2. The highest BCUT2D eigenvalue weighted by Crippen LogP contribution is 2.38. The molecule has 0 aromatic rings. The monoisotopic (exact) mass is 1070 g/mol. The van der Waals surface area contributed by atoms with Crippen LogP contribution in [0.4, 0.5) is 0 Å². The number of ether oxygens (including phenoxy) is 5. The largest absolute Gasteiger partial charge is 0.469 e. The number of amides is 1. The minimum atomic E-state index is -2.33. The van der Waals surface area contributed by atoms with Crippen molar-refractivity contribution in [3.8, 4) is 0 Å². The summed E-state index contributed by atoms with van der Waals surface area (Å²) in [6.45, 7) is 7.13. The van der Waals surface area contributed by atoms with Crippen molar-refractivity contribution >= 4 is 17.8 Å². The zero-order valence-corrected chi connectivity index (χ0v) is 43.9. The van der Waals surface area contributed by atoms with Crippen molar-refractivity contribution in [2.75, 3.05) is 13.7 Å². The quantitative estimate of drug-likeness (QED) is 0.110. The summed E-state index contributed by atoms with van der Waals surface area (Å²) in [6.07, 6.45) is 4.40. The summed E-state index contributed by atoms with van der Waals surface area (Å²) in [5, 5.41) is 113. The molecule has 0 aromatic heterocycles. The third kappa shape index (κ3) is 22.5. The van der Waals surface area contributed by atoms with Crippen LogP contribution in [0.1, 0.15) is 98.3 Å². The number of unbranched alkanes of at least 4 members (excludes halogenated alkanes) is 1. The van der Waals surface area contributed by atoms with Crippen LogP contribution in [0.25, 0.3) is 0 Å². The Morgan fingerprint density at radius 3 is 1.92 bits per heavy atom. The van der Waals surface area contributed by atoms with E-state index in [0.29, 0.717) is 25.8 Å². The van der Waals surface area contributed by atoms with Crippen LogP contribution in [0.15, 0.2) is 85.1 Å². The molecule has 3 aliphatic rings. The molecule has 21 heteroatoms. The fourth-order valence-corrected chi connectivity index (χ4v) is 9.14. The van der Waals surface area contributed by atoms with Crippen molar-refractivity contribution in [2.45, 2.75) is 202 Å². The number of methoxy groups -OCH3 is 1. The normalized spacial score (nSPS) is 38.3. The highest BCUT2D eigenvalue weighted by atomic mass is 16.7. The van der Waals surface area contributed by atoms with Crippen LogP contribution in [0.2, 0.25) is 0 Å². The van der Waals surface area contributed by atoms with E-state index in [9.17, 15) is 65.4 Å². The standard InChI is InChI=1S/C54H87N3O18/c1-32-20-16-14-12-10-8-6-7-9-11-13-15-17-21-39(74-53-50(67)47(49(66)35(4)73-53)57-51(68)40(56)22-18-19-25-55)29-44-46(52(69)71-5)43(63)31-54(70,75-44)30-38(60)27-42(62)41(61)24-23-36(58)26-37(59)28-45(64)72-34(3)33(2)48(32)65/h6-17,20-21,32-44,46-50,53,58-63,65-67,70H,18-19,22-31,55-56H2,1-5H3,(H,57,68)/t32-,33-,34-,35+,36+,37+,38-,39-,40+,41+,42+,43-,44-,46+,47-,48+,49+,50-,53-,54+/m0/s1. The predicted molar refractivity (Wildman–Crippen MR) is 276 cm³/mol. The van der Waals surface area contributed by atoms with Crippen LogP contribution in [-0.2, 0) is 38.1 Å². The van der Waals surface area contributed by atoms with Crippen molar-refractivity contribution in [3.05, 3.63) is 85.1 Å². The Labute approximate surface area is 440 Å². The summed E-state index contributed by atoms with van der Waals surface area (Å²) in [7, 11) is 1.10. The first-order valence-corrected chi connectivity index (χ1v) is 26.1. The molecular formula is C54H87N3O18. The molecule has 3 rings (SSSR count). The Kier molecular flexibility index (Phi) is 29.0. The highest BCUT2D eigenvalue weighted by molar-refractivity contribution is 5.81. The molecular weight excluding hydrogens is 979 g/mol. The van der Waals surface area contributed by atoms with Crippen molar-refractivity contribution in [2.24, 2.45) is 29.2 Å². The minimum Gasteiger partial charge on any atom is -0.469 e. The maximum absolute atomic E-state index is 13.3. The van der Waals surface area contributed by atoms with Gasteiger partial charge in [-0.3, -0.25) is 14.4 Å². The van der Waals surface area contributed by atoms with Crippen molar-refractivity contribution < 1.29 is 89.1 Å². The number of aliphatic hydroxyl groups excluding tert-OH is 9. The molecule has 2 bridgehead atoms. The third-order valence-corrected chi connectivity index (χ3v) is 13.8. The summed E-state index contributed by atoms with van der Waals surface area (Å²) in [5.74, 6) is -6.77. The maximum atomic E-state index is 13.3. The van der Waals surface area contributed by atoms with E-state index >= 15 is 0 Å². The van der Waals surface area contributed by atoms with E-state index in [1.165, 1.54) is 13.0 Å². The molecule has 3 aliphatic heterocycles. The second kappa shape index (κ2) is 33.3. The first kappa shape index (κ1) is 65.3. The predicted octanol–water partition coefficient (Wildman–Crippen LogP) is 0.414. The number of carbonyl (C=O) groups excluding carboxylic acids is 3. The third-order valence-electron chi connectivity index (χ3n) is 13.8. The molecule has 15 N–H and O–H groups in total. The molecule has 1 amide bonds. The van der Waals surface area contributed by atoms with Gasteiger partial charge in [-0.05, 0) is 52.5 Å². The van der Waals surface area contributed by atoms with Crippen molar-refractivity contribution in [1.29, 1.82) is 0 Å². The van der Waals surface area contributed by atoms with Gasteiger partial charge in [0.1, 0.15) is 24.2 Å². The Bertz CT molecular complexity index is 1930. The number of nitrogens with one attached hydrogen (secondary N) is 1. The Balaban J connectivity index is 1.94. The van der Waals surface area contributed by atoms with Gasteiger partial charge < -0.3 is 91.5 Å². The second-order valence-electron chi connectivity index (χ2n) is 20.1. The van der Waals surface area contributed by atoms with Crippen LogP contribution in [-0.4, -0.2) is 186 Å². The van der Waals surface area contributed by atoms with E-state index in [-0.39, 0.29) is 31.6 Å². The molecule has 0 spiro atoms. The molecule has 0 aliphatic carbocycles. The summed E-state index contributed by atoms with van der Waals surface area (Å²) in [5.41, 5.74) is 11.7. The van der Waals surface area contributed by atoms with Crippen LogP contribution < -0.4 is 16.8 Å². The lowest BCUT2D eigenvalue weighted by Gasteiger charge is -2.46. The lowest BCUT2D eigenvalue weighted by molar-refractivity contribution is -0.309. The Morgan fingerprint density at radius 2 is 1.32 bits per heavy atom. The van der Waals surface area contributed by atoms with Gasteiger partial charge in [0.05, 0.1) is 86.7 Å². The average Bonchev–Trinajstić information content (AvgIpc) is 3.34. The number of aliphatic hydroxyl groups is 10. The zero-order chi connectivity index (χ0) is 55.8. The maximum Gasteiger partial charge on any atom is 0.313 e. The average molecular weight is 1070 g/mol. The fourth-order valence-electron chi connectivity index (χ4n) is 9.14. The molecule has 75 heavy (non-hydrogen) atoms. The molecule has 2 fully saturated rings. The van der Waals surface area contributed by atoms with Gasteiger partial charge in [0.2, 0.25) is 5.91 Å². The first-order valence-electron chi connectivity index (χ1n) is 26.1. The van der Waals surface area contributed by atoms with E-state index in [1.54, 1.807) is 80.7 Å². The Morgan fingerprint density at radius 1 is 0.720 bits per heavy atom. The summed E-state index contributed by atoms with van der Waals surface area (Å²) >= 11 is 0. The number of rotatable bonds is 9. The smallest absolute Gasteiger partial charge is 0.313 e. The van der Waals surface area contributed by atoms with Gasteiger partial charge in [0.15, 0.2) is 12.1 Å². The van der Waals surface area contributed by atoms with Gasteiger partial charge in [-0.25, -0.2) is 0 Å². The second-order valence-corrected chi connectivity index (χ2v) is 20.1. The van der Waals surface area contributed by atoms with Crippen LogP contribution >= 0.6 is 0 Å². The molecule has 3 heterocycles. The number of cyclic esters (lactones) is 1. The topological polar surface area (TPSA) is 364 Å². The number of allylic oxidation sites excluding steroid dienone is 12. The lowest BCUT2D eigenvalue weighted by atomic mass is 9.82. The number of hydrogen-bond donors (Lipinski definition) is 13. The Hall–Kier alpha value is -4.01. The van der Waals surface area contributed by atoms with Gasteiger partial charge in [0, 0.05) is 37.5 Å². The van der Waals surface area contributed by atoms with Gasteiger partial charge in [-0.2, -0.15) is 0 Å². The summed E-state index contributed by atoms with van der Waals surface area (Å²) < 4.78 is 28.8. The number of esters is 2. The van der Waals surface area contributed by atoms with Gasteiger partial charge in [0.25, 0.3) is 0 Å². The first-order chi connectivity index (χ1) is 35.5. The van der Waals surface area contributed by atoms with Crippen molar-refractivity contribution in [1.82, 2.24) is 5.32 Å². The molecule has 0 radical (unpaired) electrons. The summed E-state index contributed by atoms with van der Waals surface area (Å²) in [6, 6.07) is -2.26. The molecule has 426 valence electrons. The van der Waals surface area contributed by atoms with Crippen LogP contribution in [0, 0.1) is 17.8 Å². The lowest BCUT2D eigenvalue weighted by Crippen LogP contribution is -2.65. The van der Waals surface area contributed by atoms with Crippen LogP contribution in [0.5, 0.6) is 0 Å². The van der Waals surface area contributed by atoms with E-state index in [0.717, 1.165) is 7.11 Å². The molecule has 21 nitrogen and oxygen atoms in total. The zero-order valence-electron chi connectivity index (χ0n) is 43.9. The SMILES string of the molecule is COC(=O)[C@H]1[C@@H]2C[C@@H](O[C@@H]3O[C@H](C)[C@@H](O)[C@H](NC(=O)[C@H](N)CCCCN)[C@@H]3O)C=CC=CC=CC=CC=CC=CC=C[C@H](C)[C@@H](O)[C@@H](C)[C@H](C)OC(=O)C[C@H](O)C[C@H](O)CC[C@@H](O)[C@H](O)C[C@H](O)C[C@](O)(C[C@@H]1O)O2. The highest BCUT2D eigenvalue weighted by Gasteiger charge is 2.51. The van der Waals surface area contributed by atoms with E-state index < -0.39 is 159 Å². The molecule has 2 saturated heterocycles. The van der Waals surface area contributed by atoms with E-state index in [1.807, 2.05) is 19.1 Å². The van der Waals surface area contributed by atoms with E-state index in [4.69, 9.17) is 35.2 Å². The molecule has 0 saturated carbocycles. The number of hydrogen-bond acceptors (Lipinski definition) is 20. The number of nitrogens with two attached hydrogens (primary N) is 2. The van der Waals surface area contributed by atoms with Crippen LogP contribution in [0.3, 0.4) is 0 Å². The summed E-state index contributed by atoms with van der Waals surface area (Å²) in [4.78, 5) is 39.1. The number of carbonyl (C=O) groups is 3.